The minimum Gasteiger partial charge on any atom is -0.295 e. The quantitative estimate of drug-likeness (QED) is 0.819. The molecule has 0 aromatic heterocycles. The van der Waals surface area contributed by atoms with E-state index < -0.39 is 0 Å². The van der Waals surface area contributed by atoms with Gasteiger partial charge in [-0.15, -0.1) is 11.8 Å². The van der Waals surface area contributed by atoms with Gasteiger partial charge in [0, 0.05) is 10.2 Å². The maximum absolute atomic E-state index is 12.1. The van der Waals surface area contributed by atoms with Gasteiger partial charge in [0.1, 0.15) is 5.37 Å². The van der Waals surface area contributed by atoms with Crippen LogP contribution in [0.5, 0.6) is 0 Å². The van der Waals surface area contributed by atoms with Gasteiger partial charge >= 0.3 is 0 Å². The van der Waals surface area contributed by atoms with Gasteiger partial charge in [0.15, 0.2) is 0 Å². The van der Waals surface area contributed by atoms with E-state index in [0.717, 1.165) is 15.7 Å². The fourth-order valence-electron chi connectivity index (χ4n) is 2.20. The monoisotopic (exact) mass is 333 g/mol. The summed E-state index contributed by atoms with van der Waals surface area (Å²) in [5, 5.41) is 0.0624. The van der Waals surface area contributed by atoms with Crippen molar-refractivity contribution < 1.29 is 4.79 Å². The fraction of sp³-hybridized carbons (Fsp3) is 0.133. The Morgan fingerprint density at radius 3 is 2.63 bits per heavy atom. The van der Waals surface area contributed by atoms with Crippen molar-refractivity contribution >= 4 is 39.3 Å². The molecule has 4 heteroatoms. The first-order chi connectivity index (χ1) is 9.25. The van der Waals surface area contributed by atoms with Crippen molar-refractivity contribution in [3.8, 4) is 0 Å². The maximum Gasteiger partial charge on any atom is 0.238 e. The van der Waals surface area contributed by atoms with Crippen LogP contribution in [0.1, 0.15) is 10.9 Å². The van der Waals surface area contributed by atoms with Crippen LogP contribution in [-0.4, -0.2) is 11.7 Å². The van der Waals surface area contributed by atoms with Crippen molar-refractivity contribution in [1.82, 2.24) is 0 Å². The Morgan fingerprint density at radius 1 is 1.11 bits per heavy atom. The maximum atomic E-state index is 12.1. The van der Waals surface area contributed by atoms with Crippen LogP contribution in [0.25, 0.3) is 0 Å². The number of para-hydroxylation sites is 1. The predicted octanol–water partition coefficient (Wildman–Crippen LogP) is 4.23. The minimum atomic E-state index is 0.0624. The number of anilines is 1. The molecule has 1 atom stereocenters. The minimum absolute atomic E-state index is 0.0624. The number of hydrogen-bond donors (Lipinski definition) is 0. The van der Waals surface area contributed by atoms with Crippen LogP contribution in [-0.2, 0) is 4.79 Å². The van der Waals surface area contributed by atoms with E-state index in [1.54, 1.807) is 11.8 Å². The summed E-state index contributed by atoms with van der Waals surface area (Å²) in [6, 6.07) is 18.0. The molecule has 0 bridgehead atoms. The van der Waals surface area contributed by atoms with Crippen molar-refractivity contribution in [2.24, 2.45) is 0 Å². The average Bonchev–Trinajstić information content (AvgIpc) is 2.82. The summed E-state index contributed by atoms with van der Waals surface area (Å²) in [4.78, 5) is 14.0. The third-order valence-corrected chi connectivity index (χ3v) is 4.74. The van der Waals surface area contributed by atoms with Crippen LogP contribution in [0, 0.1) is 0 Å². The molecular formula is C15H12BrNOS. The van der Waals surface area contributed by atoms with Crippen LogP contribution < -0.4 is 4.90 Å². The van der Waals surface area contributed by atoms with E-state index in [-0.39, 0.29) is 11.3 Å². The molecule has 1 saturated heterocycles. The number of halogens is 1. The highest BCUT2D eigenvalue weighted by atomic mass is 79.9. The number of amides is 1. The van der Waals surface area contributed by atoms with Gasteiger partial charge in [0.2, 0.25) is 5.91 Å². The van der Waals surface area contributed by atoms with Crippen molar-refractivity contribution in [3.63, 3.8) is 0 Å². The van der Waals surface area contributed by atoms with Crippen LogP contribution in [0.4, 0.5) is 5.69 Å². The molecule has 1 fully saturated rings. The summed E-state index contributed by atoms with van der Waals surface area (Å²) in [6.45, 7) is 0. The van der Waals surface area contributed by atoms with E-state index in [1.165, 1.54) is 0 Å². The molecule has 2 nitrogen and oxygen atoms in total. The SMILES string of the molecule is O=C1CS[C@@H](c2cccc(Br)c2)N1c1ccccc1. The second kappa shape index (κ2) is 5.39. The molecule has 2 aromatic rings. The largest absolute Gasteiger partial charge is 0.295 e. The summed E-state index contributed by atoms with van der Waals surface area (Å²) < 4.78 is 1.04. The second-order valence-electron chi connectivity index (χ2n) is 4.32. The van der Waals surface area contributed by atoms with Gasteiger partial charge in [-0.2, -0.15) is 0 Å². The van der Waals surface area contributed by atoms with E-state index in [4.69, 9.17) is 0 Å². The first-order valence-corrected chi connectivity index (χ1v) is 7.84. The van der Waals surface area contributed by atoms with Gasteiger partial charge in [0.05, 0.1) is 5.75 Å². The second-order valence-corrected chi connectivity index (χ2v) is 6.30. The van der Waals surface area contributed by atoms with Crippen LogP contribution in [0.2, 0.25) is 0 Å². The Morgan fingerprint density at radius 2 is 1.89 bits per heavy atom. The average molecular weight is 334 g/mol. The van der Waals surface area contributed by atoms with Crippen molar-refractivity contribution in [3.05, 3.63) is 64.6 Å². The smallest absolute Gasteiger partial charge is 0.238 e. The number of hydrogen-bond acceptors (Lipinski definition) is 2. The molecule has 1 heterocycles. The number of rotatable bonds is 2. The molecular weight excluding hydrogens is 322 g/mol. The van der Waals surface area contributed by atoms with Gasteiger partial charge in [-0.05, 0) is 29.8 Å². The summed E-state index contributed by atoms with van der Waals surface area (Å²) in [5.74, 6) is 0.702. The summed E-state index contributed by atoms with van der Waals surface area (Å²) in [7, 11) is 0. The third kappa shape index (κ3) is 2.55. The lowest BCUT2D eigenvalue weighted by Crippen LogP contribution is -2.27. The third-order valence-electron chi connectivity index (χ3n) is 3.04. The Bertz CT molecular complexity index is 602. The molecule has 1 amide bonds. The molecule has 2 aromatic carbocycles. The van der Waals surface area contributed by atoms with Crippen LogP contribution >= 0.6 is 27.7 Å². The van der Waals surface area contributed by atoms with Crippen molar-refractivity contribution in [2.75, 3.05) is 10.7 Å². The van der Waals surface area contributed by atoms with E-state index in [9.17, 15) is 4.79 Å². The lowest BCUT2D eigenvalue weighted by atomic mass is 10.2. The molecule has 96 valence electrons. The number of carbonyl (C=O) groups excluding carboxylic acids is 1. The molecule has 0 aliphatic carbocycles. The van der Waals surface area contributed by atoms with Gasteiger partial charge in [-0.3, -0.25) is 9.69 Å². The number of carbonyl (C=O) groups is 1. The number of benzene rings is 2. The molecule has 1 aliphatic rings. The molecule has 19 heavy (non-hydrogen) atoms. The van der Waals surface area contributed by atoms with Gasteiger partial charge in [-0.25, -0.2) is 0 Å². The van der Waals surface area contributed by atoms with E-state index >= 15 is 0 Å². The van der Waals surface area contributed by atoms with Crippen molar-refractivity contribution in [2.45, 2.75) is 5.37 Å². The van der Waals surface area contributed by atoms with E-state index in [0.29, 0.717) is 5.75 Å². The zero-order valence-electron chi connectivity index (χ0n) is 10.1. The summed E-state index contributed by atoms with van der Waals surface area (Å²) >= 11 is 5.16. The van der Waals surface area contributed by atoms with Crippen LogP contribution in [0.15, 0.2) is 59.1 Å². The number of nitrogens with zero attached hydrogens (tertiary/aromatic N) is 1. The standard InChI is InChI=1S/C15H12BrNOS/c16-12-6-4-5-11(9-12)15-17(14(18)10-19-15)13-7-2-1-3-8-13/h1-9,15H,10H2/t15-/m0/s1. The summed E-state index contributed by atoms with van der Waals surface area (Å²) in [6.07, 6.45) is 0. The fourth-order valence-corrected chi connectivity index (χ4v) is 3.78. The highest BCUT2D eigenvalue weighted by molar-refractivity contribution is 9.10. The molecule has 0 N–H and O–H groups in total. The molecule has 0 unspecified atom stereocenters. The zero-order chi connectivity index (χ0) is 13.2. The highest BCUT2D eigenvalue weighted by Crippen LogP contribution is 2.41. The van der Waals surface area contributed by atoms with Gasteiger partial charge < -0.3 is 0 Å². The molecule has 0 radical (unpaired) electrons. The molecule has 1 aliphatic heterocycles. The van der Waals surface area contributed by atoms with Crippen molar-refractivity contribution in [1.29, 1.82) is 0 Å². The van der Waals surface area contributed by atoms with Gasteiger partial charge in [0.25, 0.3) is 0 Å². The Kier molecular flexibility index (Phi) is 3.62. The Hall–Kier alpha value is -1.26. The number of thioether (sulfide) groups is 1. The summed E-state index contributed by atoms with van der Waals surface area (Å²) in [5.41, 5.74) is 2.11. The molecule has 0 spiro atoms. The molecule has 0 saturated carbocycles. The lowest BCUT2D eigenvalue weighted by Gasteiger charge is -2.24. The first kappa shape index (κ1) is 12.8. The van der Waals surface area contributed by atoms with E-state index in [2.05, 4.69) is 28.1 Å². The normalized spacial score (nSPS) is 18.9. The zero-order valence-corrected chi connectivity index (χ0v) is 12.5. The highest BCUT2D eigenvalue weighted by Gasteiger charge is 2.33. The molecule has 3 rings (SSSR count). The Labute approximate surface area is 124 Å². The lowest BCUT2D eigenvalue weighted by molar-refractivity contribution is -0.115. The van der Waals surface area contributed by atoms with E-state index in [1.807, 2.05) is 47.4 Å². The Balaban J connectivity index is 1.99. The predicted molar refractivity (Wildman–Crippen MR) is 83.3 cm³/mol. The van der Waals surface area contributed by atoms with Crippen LogP contribution in [0.3, 0.4) is 0 Å². The topological polar surface area (TPSA) is 20.3 Å². The first-order valence-electron chi connectivity index (χ1n) is 6.00. The van der Waals surface area contributed by atoms with Gasteiger partial charge in [-0.1, -0.05) is 46.3 Å².